The van der Waals surface area contributed by atoms with E-state index in [2.05, 4.69) is 66.2 Å². The number of hydrogen-bond donors (Lipinski definition) is 0. The third-order valence-corrected chi connectivity index (χ3v) is 8.75. The van der Waals surface area contributed by atoms with E-state index in [0.29, 0.717) is 17.4 Å². The van der Waals surface area contributed by atoms with Gasteiger partial charge in [0.2, 0.25) is 5.88 Å². The van der Waals surface area contributed by atoms with E-state index in [1.54, 1.807) is 20.2 Å². The van der Waals surface area contributed by atoms with Crippen LogP contribution in [0.1, 0.15) is 79.9 Å². The molecule has 0 saturated heterocycles. The van der Waals surface area contributed by atoms with E-state index in [0.717, 1.165) is 84.4 Å². The fourth-order valence-corrected chi connectivity index (χ4v) is 6.15. The number of benzene rings is 2. The lowest BCUT2D eigenvalue weighted by molar-refractivity contribution is -0.311. The van der Waals surface area contributed by atoms with Crippen molar-refractivity contribution in [2.75, 3.05) is 20.2 Å². The number of aryl methyl sites for hydroxylation is 1. The van der Waals surface area contributed by atoms with Crippen LogP contribution < -0.4 is 14.6 Å². The summed E-state index contributed by atoms with van der Waals surface area (Å²) in [6.45, 7) is 8.62. The largest absolute Gasteiger partial charge is 0.550 e. The minimum absolute atomic E-state index is 0.0547. The molecule has 2 aliphatic rings. The summed E-state index contributed by atoms with van der Waals surface area (Å²) in [5.41, 5.74) is 6.69. The van der Waals surface area contributed by atoms with Gasteiger partial charge in [0.1, 0.15) is 17.9 Å². The summed E-state index contributed by atoms with van der Waals surface area (Å²) in [4.78, 5) is 18.3. The Hall–Kier alpha value is -3.89. The molecule has 1 aliphatic heterocycles. The number of ether oxygens (including phenoxy) is 2. The predicted octanol–water partition coefficient (Wildman–Crippen LogP) is 5.42. The van der Waals surface area contributed by atoms with Crippen LogP contribution in [0.4, 0.5) is 0 Å². The Morgan fingerprint density at radius 2 is 1.93 bits per heavy atom. The normalized spacial score (nSPS) is 17.7. The first-order valence-corrected chi connectivity index (χ1v) is 14.7. The van der Waals surface area contributed by atoms with Gasteiger partial charge in [-0.2, -0.15) is 5.26 Å². The van der Waals surface area contributed by atoms with Gasteiger partial charge in [0.05, 0.1) is 12.7 Å². The number of aromatic nitrogens is 1. The van der Waals surface area contributed by atoms with E-state index in [4.69, 9.17) is 9.47 Å². The topological polar surface area (TPSA) is 98.5 Å². The molecule has 0 radical (unpaired) electrons. The molecule has 214 valence electrons. The smallest absolute Gasteiger partial charge is 0.213 e. The number of fused-ring (bicyclic) bond motifs is 1. The first-order valence-electron chi connectivity index (χ1n) is 14.7. The van der Waals surface area contributed by atoms with E-state index in [1.807, 2.05) is 6.07 Å². The van der Waals surface area contributed by atoms with Crippen molar-refractivity contribution in [3.8, 4) is 28.8 Å². The molecule has 3 atom stereocenters. The van der Waals surface area contributed by atoms with E-state index in [-0.39, 0.29) is 12.0 Å². The van der Waals surface area contributed by atoms with Gasteiger partial charge in [-0.25, -0.2) is 4.98 Å². The van der Waals surface area contributed by atoms with Gasteiger partial charge in [0.25, 0.3) is 0 Å². The zero-order chi connectivity index (χ0) is 29.1. The van der Waals surface area contributed by atoms with Gasteiger partial charge in [-0.3, -0.25) is 4.90 Å². The molecule has 1 fully saturated rings. The van der Waals surface area contributed by atoms with E-state index in [1.165, 1.54) is 0 Å². The molecule has 0 N–H and O–H groups in total. The maximum absolute atomic E-state index is 11.8. The van der Waals surface area contributed by atoms with Crippen LogP contribution in [-0.4, -0.2) is 36.1 Å². The zero-order valence-electron chi connectivity index (χ0n) is 24.4. The third kappa shape index (κ3) is 6.08. The van der Waals surface area contributed by atoms with Crippen LogP contribution in [0, 0.1) is 23.2 Å². The highest BCUT2D eigenvalue weighted by Crippen LogP contribution is 2.48. The van der Waals surface area contributed by atoms with Gasteiger partial charge in [-0.1, -0.05) is 51.1 Å². The molecular weight excluding hydrogens is 514 g/mol. The monoisotopic (exact) mass is 552 g/mol. The average molecular weight is 553 g/mol. The number of carboxylic acids is 1. The number of carbonyl (C=O) groups excluding carboxylic acids is 1. The summed E-state index contributed by atoms with van der Waals surface area (Å²) in [7, 11) is 1.58. The first kappa shape index (κ1) is 28.6. The number of nitrogens with zero attached hydrogens (tertiary/aromatic N) is 3. The Bertz CT molecular complexity index is 1450. The van der Waals surface area contributed by atoms with Crippen molar-refractivity contribution in [1.29, 1.82) is 5.26 Å². The molecule has 0 spiro atoms. The van der Waals surface area contributed by atoms with Crippen LogP contribution in [0.2, 0.25) is 0 Å². The third-order valence-electron chi connectivity index (χ3n) is 8.75. The molecule has 1 aliphatic carbocycles. The second kappa shape index (κ2) is 12.3. The van der Waals surface area contributed by atoms with Gasteiger partial charge >= 0.3 is 0 Å². The summed E-state index contributed by atoms with van der Waals surface area (Å²) >= 11 is 0. The van der Waals surface area contributed by atoms with Crippen molar-refractivity contribution in [1.82, 2.24) is 9.88 Å². The second-order valence-corrected chi connectivity index (χ2v) is 11.2. The van der Waals surface area contributed by atoms with Crippen LogP contribution >= 0.6 is 0 Å². The molecule has 7 heteroatoms. The Kier molecular flexibility index (Phi) is 8.60. The molecule has 3 aromatic rings. The zero-order valence-corrected chi connectivity index (χ0v) is 24.4. The van der Waals surface area contributed by atoms with Crippen LogP contribution in [0.15, 0.2) is 48.7 Å². The van der Waals surface area contributed by atoms with Crippen LogP contribution in [0.25, 0.3) is 11.1 Å². The predicted molar refractivity (Wildman–Crippen MR) is 155 cm³/mol. The van der Waals surface area contributed by atoms with Crippen LogP contribution in [-0.2, 0) is 17.8 Å². The summed E-state index contributed by atoms with van der Waals surface area (Å²) < 4.78 is 12.0. The lowest BCUT2D eigenvalue weighted by atomic mass is 9.82. The number of nitriles is 1. The van der Waals surface area contributed by atoms with Crippen molar-refractivity contribution >= 4 is 5.97 Å². The van der Waals surface area contributed by atoms with Crippen molar-refractivity contribution in [3.63, 3.8) is 0 Å². The maximum Gasteiger partial charge on any atom is 0.213 e. The molecular formula is C34H38N3O4-. The quantitative estimate of drug-likeness (QED) is 0.313. The van der Waals surface area contributed by atoms with E-state index >= 15 is 0 Å². The number of pyridine rings is 1. The molecule has 2 heterocycles. The number of rotatable bonds is 11. The molecule has 41 heavy (non-hydrogen) atoms. The Morgan fingerprint density at radius 1 is 1.15 bits per heavy atom. The summed E-state index contributed by atoms with van der Waals surface area (Å²) in [5, 5.41) is 21.6. The van der Waals surface area contributed by atoms with Gasteiger partial charge in [-0.05, 0) is 84.5 Å². The Balaban J connectivity index is 1.49. The number of carbonyl (C=O) groups is 1. The van der Waals surface area contributed by atoms with Crippen molar-refractivity contribution in [2.24, 2.45) is 11.8 Å². The van der Waals surface area contributed by atoms with Gasteiger partial charge in [0, 0.05) is 36.3 Å². The summed E-state index contributed by atoms with van der Waals surface area (Å²) in [6.07, 6.45) is 5.30. The molecule has 1 unspecified atom stereocenters. The molecule has 2 aromatic carbocycles. The Labute approximate surface area is 242 Å². The first-order chi connectivity index (χ1) is 19.9. The molecule has 0 bridgehead atoms. The number of methoxy groups -OCH3 is 1. The molecule has 0 amide bonds. The molecule has 7 nitrogen and oxygen atoms in total. The molecule has 1 saturated carbocycles. The number of hydrogen-bond acceptors (Lipinski definition) is 7. The standard InChI is InChI=1S/C34H39N3O4/c1-5-37(6-2)20-26-15-24(11-13-28(26)29-17-32(40-4)36-19-27(29)18-35)30-14-12-22-7-10-25(16-31(22)41-30)33(23-8-9-23)21(3)34(38)39/h7,10-11,13,15-17,19,21,23,30,33H,5-6,8-9,12,14,20H2,1-4H3,(H,38,39)/p-1/t21-,30?,33-/m0/s1. The van der Waals surface area contributed by atoms with Crippen LogP contribution in [0.3, 0.4) is 0 Å². The van der Waals surface area contributed by atoms with Crippen molar-refractivity contribution in [2.45, 2.75) is 65.0 Å². The summed E-state index contributed by atoms with van der Waals surface area (Å²) in [6, 6.07) is 16.8. The SMILES string of the molecule is CCN(CC)Cc1cc(C2CCc3ccc([C@H](C4CC4)[C@H](C)C(=O)[O-])cc3O2)ccc1-c1cc(OC)ncc1C#N. The van der Waals surface area contributed by atoms with E-state index < -0.39 is 11.9 Å². The lowest BCUT2D eigenvalue weighted by Gasteiger charge is -2.30. The highest BCUT2D eigenvalue weighted by Gasteiger charge is 2.37. The average Bonchev–Trinajstić information content (AvgIpc) is 3.84. The minimum atomic E-state index is -0.995. The number of aliphatic carboxylic acids is 1. The minimum Gasteiger partial charge on any atom is -0.550 e. The van der Waals surface area contributed by atoms with Gasteiger partial charge in [-0.15, -0.1) is 0 Å². The maximum atomic E-state index is 11.8. The van der Waals surface area contributed by atoms with Crippen LogP contribution in [0.5, 0.6) is 11.6 Å². The van der Waals surface area contributed by atoms with Crippen molar-refractivity contribution in [3.05, 3.63) is 76.5 Å². The Morgan fingerprint density at radius 3 is 2.59 bits per heavy atom. The highest BCUT2D eigenvalue weighted by atomic mass is 16.5. The summed E-state index contributed by atoms with van der Waals surface area (Å²) in [5.74, 6) is 0.111. The van der Waals surface area contributed by atoms with Gasteiger partial charge in [0.15, 0.2) is 0 Å². The fraction of sp³-hybridized carbons (Fsp3) is 0.441. The van der Waals surface area contributed by atoms with Gasteiger partial charge < -0.3 is 19.4 Å². The number of carboxylic acid groups (broad SMARTS) is 1. The molecule has 1 aromatic heterocycles. The highest BCUT2D eigenvalue weighted by molar-refractivity contribution is 5.74. The van der Waals surface area contributed by atoms with Crippen molar-refractivity contribution < 1.29 is 19.4 Å². The fourth-order valence-electron chi connectivity index (χ4n) is 6.15. The van der Waals surface area contributed by atoms with E-state index in [9.17, 15) is 15.2 Å². The second-order valence-electron chi connectivity index (χ2n) is 11.2. The lowest BCUT2D eigenvalue weighted by Crippen LogP contribution is -2.34. The molecule has 5 rings (SSSR count).